The summed E-state index contributed by atoms with van der Waals surface area (Å²) in [6.45, 7) is 2.49. The number of benzene rings is 2. The van der Waals surface area contributed by atoms with Gasteiger partial charge in [0.15, 0.2) is 5.11 Å². The second kappa shape index (κ2) is 5.85. The monoisotopic (exact) mass is 298 g/mol. The number of fused-ring (bicyclic) bond motifs is 1. The number of rotatable bonds is 2. The van der Waals surface area contributed by atoms with Gasteiger partial charge in [-0.05, 0) is 54.4 Å². The molecule has 0 aliphatic carbocycles. The Balaban J connectivity index is 1.68. The standard InChI is InChI=1S/C15H15BN2O2S/c1-10-2-5-12(6-3-10)17-15(21)18-13-7-4-11-9-20-16(19)14(11)8-13/h2-8,19H,9H2,1H3,(H2,17,18,21). The number of thiocarbonyl (C=S) groups is 1. The van der Waals surface area contributed by atoms with Crippen molar-refractivity contribution in [2.75, 3.05) is 10.6 Å². The van der Waals surface area contributed by atoms with Gasteiger partial charge in [-0.1, -0.05) is 23.8 Å². The molecule has 0 unspecified atom stereocenters. The maximum atomic E-state index is 9.70. The largest absolute Gasteiger partial charge is 0.491 e. The molecule has 0 saturated heterocycles. The molecule has 21 heavy (non-hydrogen) atoms. The lowest BCUT2D eigenvalue weighted by Crippen LogP contribution is -2.29. The van der Waals surface area contributed by atoms with Gasteiger partial charge in [0, 0.05) is 11.4 Å². The molecule has 2 aromatic rings. The lowest BCUT2D eigenvalue weighted by molar-refractivity contribution is 0.275. The lowest BCUT2D eigenvalue weighted by atomic mass is 9.79. The SMILES string of the molecule is Cc1ccc(NC(=S)Nc2ccc3c(c2)B(O)OC3)cc1. The summed E-state index contributed by atoms with van der Waals surface area (Å²) in [7, 11) is -0.847. The third kappa shape index (κ3) is 3.24. The van der Waals surface area contributed by atoms with Gasteiger partial charge < -0.3 is 20.3 Å². The van der Waals surface area contributed by atoms with Gasteiger partial charge in [0.25, 0.3) is 0 Å². The van der Waals surface area contributed by atoms with Crippen molar-refractivity contribution in [2.45, 2.75) is 13.5 Å². The fourth-order valence-electron chi connectivity index (χ4n) is 2.22. The molecule has 2 aromatic carbocycles. The molecule has 3 rings (SSSR count). The highest BCUT2D eigenvalue weighted by Gasteiger charge is 2.27. The molecule has 0 spiro atoms. The van der Waals surface area contributed by atoms with Crippen LogP contribution in [0.2, 0.25) is 0 Å². The van der Waals surface area contributed by atoms with E-state index in [1.807, 2.05) is 49.4 Å². The second-order valence-corrected chi connectivity index (χ2v) is 5.43. The van der Waals surface area contributed by atoms with Gasteiger partial charge in [-0.15, -0.1) is 0 Å². The van der Waals surface area contributed by atoms with Crippen molar-refractivity contribution in [1.82, 2.24) is 0 Å². The van der Waals surface area contributed by atoms with Gasteiger partial charge >= 0.3 is 7.12 Å². The van der Waals surface area contributed by atoms with Crippen LogP contribution in [0.3, 0.4) is 0 Å². The molecule has 1 heterocycles. The Morgan fingerprint density at radius 1 is 1.14 bits per heavy atom. The van der Waals surface area contributed by atoms with Crippen LogP contribution in [-0.4, -0.2) is 17.3 Å². The minimum atomic E-state index is -0.847. The first-order valence-corrected chi connectivity index (χ1v) is 7.10. The van der Waals surface area contributed by atoms with E-state index in [4.69, 9.17) is 16.9 Å². The molecule has 0 radical (unpaired) electrons. The van der Waals surface area contributed by atoms with Crippen molar-refractivity contribution in [3.8, 4) is 0 Å². The Kier molecular flexibility index (Phi) is 3.92. The predicted octanol–water partition coefficient (Wildman–Crippen LogP) is 2.02. The molecule has 106 valence electrons. The molecular formula is C15H15BN2O2S. The summed E-state index contributed by atoms with van der Waals surface area (Å²) in [5.74, 6) is 0. The Morgan fingerprint density at radius 2 is 1.81 bits per heavy atom. The molecule has 0 atom stereocenters. The molecule has 1 aliphatic heterocycles. The highest BCUT2D eigenvalue weighted by molar-refractivity contribution is 7.80. The first-order valence-electron chi connectivity index (χ1n) is 6.69. The summed E-state index contributed by atoms with van der Waals surface area (Å²) in [5.41, 5.74) is 4.75. The Hall–Kier alpha value is -1.89. The van der Waals surface area contributed by atoms with Crippen molar-refractivity contribution in [2.24, 2.45) is 0 Å². The summed E-state index contributed by atoms with van der Waals surface area (Å²) in [4.78, 5) is 0. The molecule has 0 bridgehead atoms. The number of anilines is 2. The average molecular weight is 298 g/mol. The normalized spacial score (nSPS) is 13.0. The van der Waals surface area contributed by atoms with Crippen molar-refractivity contribution in [3.05, 3.63) is 53.6 Å². The predicted molar refractivity (Wildman–Crippen MR) is 89.9 cm³/mol. The van der Waals surface area contributed by atoms with Crippen LogP contribution in [0.15, 0.2) is 42.5 Å². The second-order valence-electron chi connectivity index (χ2n) is 5.02. The highest BCUT2D eigenvalue weighted by atomic mass is 32.1. The molecule has 0 aromatic heterocycles. The van der Waals surface area contributed by atoms with E-state index in [2.05, 4.69) is 10.6 Å². The molecule has 4 nitrogen and oxygen atoms in total. The number of aryl methyl sites for hydroxylation is 1. The molecule has 3 N–H and O–H groups in total. The van der Waals surface area contributed by atoms with Crippen LogP contribution in [0.4, 0.5) is 11.4 Å². The molecule has 1 aliphatic rings. The quantitative estimate of drug-likeness (QED) is 0.585. The van der Waals surface area contributed by atoms with Gasteiger partial charge in [0.1, 0.15) is 0 Å². The third-order valence-electron chi connectivity index (χ3n) is 3.38. The van der Waals surface area contributed by atoms with Crippen LogP contribution < -0.4 is 16.1 Å². The minimum Gasteiger partial charge on any atom is -0.423 e. The topological polar surface area (TPSA) is 53.5 Å². The molecule has 6 heteroatoms. The molecular weight excluding hydrogens is 283 g/mol. The molecule has 0 amide bonds. The van der Waals surface area contributed by atoms with Gasteiger partial charge in [-0.25, -0.2) is 0 Å². The third-order valence-corrected chi connectivity index (χ3v) is 3.58. The van der Waals surface area contributed by atoms with Gasteiger partial charge in [0.2, 0.25) is 0 Å². The van der Waals surface area contributed by atoms with E-state index < -0.39 is 7.12 Å². The van der Waals surface area contributed by atoms with Crippen LogP contribution in [0, 0.1) is 6.92 Å². The van der Waals surface area contributed by atoms with Crippen LogP contribution in [0.25, 0.3) is 0 Å². The maximum absolute atomic E-state index is 9.70. The van der Waals surface area contributed by atoms with Gasteiger partial charge in [-0.3, -0.25) is 0 Å². The number of hydrogen-bond acceptors (Lipinski definition) is 3. The average Bonchev–Trinajstić information content (AvgIpc) is 2.83. The zero-order chi connectivity index (χ0) is 14.8. The zero-order valence-electron chi connectivity index (χ0n) is 11.6. The van der Waals surface area contributed by atoms with Crippen LogP contribution in [0.5, 0.6) is 0 Å². The first kappa shape index (κ1) is 14.1. The van der Waals surface area contributed by atoms with E-state index in [9.17, 15) is 5.02 Å². The lowest BCUT2D eigenvalue weighted by Gasteiger charge is -2.11. The Morgan fingerprint density at radius 3 is 2.57 bits per heavy atom. The minimum absolute atomic E-state index is 0.447. The molecule has 0 saturated carbocycles. The van der Waals surface area contributed by atoms with Crippen molar-refractivity contribution in [3.63, 3.8) is 0 Å². The summed E-state index contributed by atoms with van der Waals surface area (Å²) < 4.78 is 5.17. The van der Waals surface area contributed by atoms with Crippen LogP contribution in [0.1, 0.15) is 11.1 Å². The van der Waals surface area contributed by atoms with Crippen molar-refractivity contribution in [1.29, 1.82) is 0 Å². The smallest absolute Gasteiger partial charge is 0.423 e. The Labute approximate surface area is 129 Å². The fraction of sp³-hybridized carbons (Fsp3) is 0.133. The van der Waals surface area contributed by atoms with Gasteiger partial charge in [-0.2, -0.15) is 0 Å². The van der Waals surface area contributed by atoms with Gasteiger partial charge in [0.05, 0.1) is 6.61 Å². The van der Waals surface area contributed by atoms with E-state index >= 15 is 0 Å². The number of nitrogens with one attached hydrogen (secondary N) is 2. The summed E-state index contributed by atoms with van der Waals surface area (Å²) in [5, 5.41) is 16.4. The first-order chi connectivity index (χ1) is 10.1. The van der Waals surface area contributed by atoms with Crippen molar-refractivity contribution >= 4 is 41.3 Å². The maximum Gasteiger partial charge on any atom is 0.491 e. The van der Waals surface area contributed by atoms with E-state index in [-0.39, 0.29) is 0 Å². The van der Waals surface area contributed by atoms with E-state index in [1.165, 1.54) is 5.56 Å². The zero-order valence-corrected chi connectivity index (χ0v) is 12.4. The van der Waals surface area contributed by atoms with Crippen molar-refractivity contribution < 1.29 is 9.68 Å². The van der Waals surface area contributed by atoms with E-state index in [0.717, 1.165) is 22.4 Å². The fourth-order valence-corrected chi connectivity index (χ4v) is 2.46. The number of hydrogen-bond donors (Lipinski definition) is 3. The highest BCUT2D eigenvalue weighted by Crippen LogP contribution is 2.15. The summed E-state index contributed by atoms with van der Waals surface area (Å²) in [6.07, 6.45) is 0. The Bertz CT molecular complexity index is 676. The van der Waals surface area contributed by atoms with E-state index in [1.54, 1.807) is 0 Å². The summed E-state index contributed by atoms with van der Waals surface area (Å²) >= 11 is 5.29. The summed E-state index contributed by atoms with van der Waals surface area (Å²) in [6, 6.07) is 13.7. The van der Waals surface area contributed by atoms with Crippen LogP contribution in [-0.2, 0) is 11.3 Å². The van der Waals surface area contributed by atoms with Crippen LogP contribution >= 0.6 is 12.2 Å². The van der Waals surface area contributed by atoms with E-state index in [0.29, 0.717) is 11.7 Å². The molecule has 0 fully saturated rings.